The first-order valence-electron chi connectivity index (χ1n) is 14.7. The van der Waals surface area contributed by atoms with Gasteiger partial charge < -0.3 is 20.5 Å². The molecule has 1 unspecified atom stereocenters. The first-order chi connectivity index (χ1) is 20.3. The van der Waals surface area contributed by atoms with Gasteiger partial charge in [0.1, 0.15) is 6.61 Å². The van der Waals surface area contributed by atoms with Gasteiger partial charge in [-0.15, -0.1) is 0 Å². The van der Waals surface area contributed by atoms with Crippen molar-refractivity contribution in [3.05, 3.63) is 95.6 Å². The number of rotatable bonds is 11. The van der Waals surface area contributed by atoms with E-state index in [2.05, 4.69) is 51.9 Å². The number of nitrogens with zero attached hydrogens (tertiary/aromatic N) is 1. The van der Waals surface area contributed by atoms with Crippen LogP contribution in [0.15, 0.2) is 78.9 Å². The third kappa shape index (κ3) is 7.18. The van der Waals surface area contributed by atoms with E-state index in [1.54, 1.807) is 0 Å². The summed E-state index contributed by atoms with van der Waals surface area (Å²) in [6, 6.07) is 26.3. The number of carboxylic acids is 1. The highest BCUT2D eigenvalue weighted by molar-refractivity contribution is 5.80. The van der Waals surface area contributed by atoms with E-state index in [-0.39, 0.29) is 37.3 Å². The topological polar surface area (TPSA) is 108 Å². The molecule has 1 aliphatic carbocycles. The van der Waals surface area contributed by atoms with Crippen molar-refractivity contribution in [1.29, 1.82) is 0 Å². The van der Waals surface area contributed by atoms with E-state index in [9.17, 15) is 19.5 Å². The van der Waals surface area contributed by atoms with Crippen molar-refractivity contribution in [3.63, 3.8) is 0 Å². The molecule has 0 saturated carbocycles. The van der Waals surface area contributed by atoms with E-state index in [0.717, 1.165) is 17.7 Å². The van der Waals surface area contributed by atoms with Gasteiger partial charge in [0.25, 0.3) is 0 Å². The number of hydrogen-bond acceptors (Lipinski definition) is 5. The number of ether oxygens (including phenoxy) is 1. The average Bonchev–Trinajstić information content (AvgIpc) is 3.30. The minimum absolute atomic E-state index is 0.0197. The number of piperidine rings is 1. The molecule has 1 saturated heterocycles. The van der Waals surface area contributed by atoms with E-state index in [4.69, 9.17) is 4.74 Å². The van der Waals surface area contributed by atoms with Gasteiger partial charge in [-0.2, -0.15) is 0 Å². The number of carbonyl (C=O) groups excluding carboxylic acids is 2. The van der Waals surface area contributed by atoms with Crippen LogP contribution >= 0.6 is 0 Å². The second-order valence-electron chi connectivity index (χ2n) is 11.6. The Kier molecular flexibility index (Phi) is 9.22. The van der Waals surface area contributed by atoms with Crippen molar-refractivity contribution in [1.82, 2.24) is 15.5 Å². The molecular formula is C34H39N3O5. The molecule has 1 heterocycles. The quantitative estimate of drug-likeness (QED) is 0.289. The summed E-state index contributed by atoms with van der Waals surface area (Å²) in [4.78, 5) is 39.5. The first kappa shape index (κ1) is 29.3. The summed E-state index contributed by atoms with van der Waals surface area (Å²) in [6.45, 7) is 4.29. The van der Waals surface area contributed by atoms with Gasteiger partial charge in [-0.25, -0.2) is 4.79 Å². The van der Waals surface area contributed by atoms with Crippen LogP contribution in [0.25, 0.3) is 11.1 Å². The molecule has 0 bridgehead atoms. The predicted molar refractivity (Wildman–Crippen MR) is 161 cm³/mol. The molecule has 2 aliphatic rings. The molecule has 2 amide bonds. The van der Waals surface area contributed by atoms with E-state index < -0.39 is 17.6 Å². The van der Waals surface area contributed by atoms with E-state index in [1.807, 2.05) is 49.4 Å². The van der Waals surface area contributed by atoms with Crippen LogP contribution < -0.4 is 10.6 Å². The Bertz CT molecular complexity index is 1360. The summed E-state index contributed by atoms with van der Waals surface area (Å²) in [5.74, 6) is -1.14. The minimum Gasteiger partial charge on any atom is -0.481 e. The zero-order chi connectivity index (χ0) is 29.5. The first-order valence-corrected chi connectivity index (χ1v) is 14.7. The number of fused-ring (bicyclic) bond motifs is 3. The van der Waals surface area contributed by atoms with Gasteiger partial charge in [-0.3, -0.25) is 14.5 Å². The van der Waals surface area contributed by atoms with Gasteiger partial charge in [0.2, 0.25) is 5.91 Å². The molecule has 8 nitrogen and oxygen atoms in total. The summed E-state index contributed by atoms with van der Waals surface area (Å²) in [6.07, 6.45) is 1.12. The van der Waals surface area contributed by atoms with Crippen LogP contribution in [0.4, 0.5) is 4.79 Å². The van der Waals surface area contributed by atoms with Crippen molar-refractivity contribution in [2.24, 2.45) is 0 Å². The van der Waals surface area contributed by atoms with E-state index in [1.165, 1.54) is 16.7 Å². The van der Waals surface area contributed by atoms with Crippen LogP contribution in [-0.2, 0) is 20.9 Å². The lowest BCUT2D eigenvalue weighted by Crippen LogP contribution is -2.56. The molecule has 0 spiro atoms. The predicted octanol–water partition coefficient (Wildman–Crippen LogP) is 5.32. The van der Waals surface area contributed by atoms with Crippen molar-refractivity contribution in [3.8, 4) is 11.1 Å². The minimum atomic E-state index is -0.919. The van der Waals surface area contributed by atoms with Crippen molar-refractivity contribution in [2.75, 3.05) is 19.7 Å². The summed E-state index contributed by atoms with van der Waals surface area (Å²) in [5, 5.41) is 15.5. The molecule has 3 N–H and O–H groups in total. The second-order valence-corrected chi connectivity index (χ2v) is 11.6. The lowest BCUT2D eigenvalue weighted by Gasteiger charge is -2.41. The Balaban J connectivity index is 1.08. The zero-order valence-corrected chi connectivity index (χ0v) is 24.1. The Hall–Kier alpha value is -4.17. The zero-order valence-electron chi connectivity index (χ0n) is 24.1. The standard InChI is InChI=1S/C34H39N3O5/c1-24(35-33(41)42-23-30-28-13-7-5-11-26(28)27-12-6-8-14-29(27)30)15-16-31(38)36-34(21-32(39)40)17-19-37(20-18-34)22-25-9-3-2-4-10-25/h2-14,24,30H,15-23H2,1H3,(H,35,41)(H,36,38)(H,39,40). The van der Waals surface area contributed by atoms with Crippen LogP contribution in [0, 0.1) is 0 Å². The maximum absolute atomic E-state index is 12.9. The third-order valence-corrected chi connectivity index (χ3v) is 8.47. The molecule has 42 heavy (non-hydrogen) atoms. The van der Waals surface area contributed by atoms with E-state index >= 15 is 0 Å². The summed E-state index contributed by atoms with van der Waals surface area (Å²) in [5.41, 5.74) is 5.09. The molecule has 8 heteroatoms. The Labute approximate surface area is 247 Å². The molecular weight excluding hydrogens is 530 g/mol. The van der Waals surface area contributed by atoms with Crippen molar-refractivity contribution < 1.29 is 24.2 Å². The van der Waals surface area contributed by atoms with Gasteiger partial charge in [0, 0.05) is 38.0 Å². The van der Waals surface area contributed by atoms with Crippen molar-refractivity contribution in [2.45, 2.75) is 63.1 Å². The number of aliphatic carboxylic acids is 1. The molecule has 220 valence electrons. The largest absolute Gasteiger partial charge is 0.481 e. The maximum atomic E-state index is 12.9. The fourth-order valence-corrected chi connectivity index (χ4v) is 6.24. The number of hydrogen-bond donors (Lipinski definition) is 3. The van der Waals surface area contributed by atoms with Crippen LogP contribution in [0.1, 0.15) is 61.6 Å². The number of benzene rings is 3. The molecule has 0 radical (unpaired) electrons. The Morgan fingerprint density at radius 2 is 1.52 bits per heavy atom. The van der Waals surface area contributed by atoms with Crippen molar-refractivity contribution >= 4 is 18.0 Å². The highest BCUT2D eigenvalue weighted by atomic mass is 16.5. The molecule has 1 aliphatic heterocycles. The summed E-state index contributed by atoms with van der Waals surface area (Å²) < 4.78 is 5.63. The number of alkyl carbamates (subject to hydrolysis) is 1. The SMILES string of the molecule is CC(CCC(=O)NC1(CC(=O)O)CCN(Cc2ccccc2)CC1)NC(=O)OCC1c2ccccc2-c2ccccc21. The summed E-state index contributed by atoms with van der Waals surface area (Å²) in [7, 11) is 0. The molecule has 5 rings (SSSR count). The fraction of sp³-hybridized carbons (Fsp3) is 0.382. The second kappa shape index (κ2) is 13.2. The smallest absolute Gasteiger partial charge is 0.407 e. The highest BCUT2D eigenvalue weighted by Gasteiger charge is 2.38. The number of carbonyl (C=O) groups is 3. The van der Waals surface area contributed by atoms with Gasteiger partial charge in [0.15, 0.2) is 0 Å². The van der Waals surface area contributed by atoms with Crippen LogP contribution in [-0.4, -0.2) is 59.3 Å². The number of likely N-dealkylation sites (tertiary alicyclic amines) is 1. The normalized spacial score (nSPS) is 16.6. The maximum Gasteiger partial charge on any atom is 0.407 e. The number of amides is 2. The monoisotopic (exact) mass is 569 g/mol. The van der Waals surface area contributed by atoms with Gasteiger partial charge >= 0.3 is 12.1 Å². The highest BCUT2D eigenvalue weighted by Crippen LogP contribution is 2.44. The number of nitrogens with one attached hydrogen (secondary N) is 2. The summed E-state index contributed by atoms with van der Waals surface area (Å²) >= 11 is 0. The van der Waals surface area contributed by atoms with Crippen LogP contribution in [0.3, 0.4) is 0 Å². The molecule has 0 aromatic heterocycles. The van der Waals surface area contributed by atoms with Gasteiger partial charge in [-0.05, 0) is 54.0 Å². The van der Waals surface area contributed by atoms with Crippen LogP contribution in [0.2, 0.25) is 0 Å². The number of carboxylic acid groups (broad SMARTS) is 1. The lowest BCUT2D eigenvalue weighted by molar-refractivity contribution is -0.140. The molecule has 1 atom stereocenters. The molecule has 3 aromatic rings. The Morgan fingerprint density at radius 3 is 2.14 bits per heavy atom. The molecule has 1 fully saturated rings. The van der Waals surface area contributed by atoms with Gasteiger partial charge in [0.05, 0.1) is 12.0 Å². The average molecular weight is 570 g/mol. The van der Waals surface area contributed by atoms with E-state index in [0.29, 0.717) is 32.4 Å². The lowest BCUT2D eigenvalue weighted by atomic mass is 9.84. The third-order valence-electron chi connectivity index (χ3n) is 8.47. The molecule has 3 aromatic carbocycles. The van der Waals surface area contributed by atoms with Gasteiger partial charge in [-0.1, -0.05) is 78.9 Å². The van der Waals surface area contributed by atoms with Crippen LogP contribution in [0.5, 0.6) is 0 Å². The Morgan fingerprint density at radius 1 is 0.929 bits per heavy atom. The fourth-order valence-electron chi connectivity index (χ4n) is 6.24.